The van der Waals surface area contributed by atoms with Crippen molar-refractivity contribution >= 4 is 34.4 Å². The molecule has 0 atom stereocenters. The molecule has 0 spiro atoms. The van der Waals surface area contributed by atoms with Crippen LogP contribution in [0.25, 0.3) is 10.9 Å². The number of para-hydroxylation sites is 1. The third-order valence-corrected chi connectivity index (χ3v) is 3.09. The van der Waals surface area contributed by atoms with Crippen molar-refractivity contribution in [1.82, 2.24) is 9.88 Å². The molecule has 0 radical (unpaired) electrons. The van der Waals surface area contributed by atoms with Crippen molar-refractivity contribution < 1.29 is 14.7 Å². The fourth-order valence-electron chi connectivity index (χ4n) is 1.85. The van der Waals surface area contributed by atoms with E-state index in [0.29, 0.717) is 10.9 Å². The number of fused-ring (bicyclic) bond motifs is 1. The minimum atomic E-state index is -1.10. The normalized spacial score (nSPS) is 10.6. The Bertz CT molecular complexity index is 634. The topological polar surface area (TPSA) is 71.3 Å². The lowest BCUT2D eigenvalue weighted by Gasteiger charge is -2.05. The molecule has 0 aliphatic carbocycles. The molecule has 1 aromatic carbocycles. The number of hydrogen-bond donors (Lipinski definition) is 2. The van der Waals surface area contributed by atoms with Gasteiger partial charge in [0.15, 0.2) is 0 Å². The summed E-state index contributed by atoms with van der Waals surface area (Å²) < 4.78 is 1.49. The number of aromatic carboxylic acids is 1. The van der Waals surface area contributed by atoms with E-state index in [4.69, 9.17) is 16.7 Å². The standard InChI is InChI=1S/C12H11ClN2O3/c1-14-9(16)6-15-8-5-3-2-4-7(8)10(11(15)13)12(17)18/h2-5H,6H2,1H3,(H,14,16)(H,17,18). The van der Waals surface area contributed by atoms with Crippen LogP contribution in [0.2, 0.25) is 5.15 Å². The number of benzene rings is 1. The van der Waals surface area contributed by atoms with E-state index in [1.807, 2.05) is 0 Å². The highest BCUT2D eigenvalue weighted by Crippen LogP contribution is 2.29. The highest BCUT2D eigenvalue weighted by atomic mass is 35.5. The molecule has 0 aliphatic heterocycles. The summed E-state index contributed by atoms with van der Waals surface area (Å²) in [7, 11) is 1.51. The zero-order valence-electron chi connectivity index (χ0n) is 9.61. The minimum Gasteiger partial charge on any atom is -0.478 e. The third-order valence-electron chi connectivity index (χ3n) is 2.70. The molecule has 0 aliphatic rings. The van der Waals surface area contributed by atoms with E-state index < -0.39 is 5.97 Å². The number of amides is 1. The van der Waals surface area contributed by atoms with E-state index in [1.54, 1.807) is 24.3 Å². The summed E-state index contributed by atoms with van der Waals surface area (Å²) in [6.45, 7) is -0.0108. The number of likely N-dealkylation sites (N-methyl/N-ethyl adjacent to an activating group) is 1. The lowest BCUT2D eigenvalue weighted by molar-refractivity contribution is -0.121. The van der Waals surface area contributed by atoms with Crippen LogP contribution < -0.4 is 5.32 Å². The molecule has 2 rings (SSSR count). The van der Waals surface area contributed by atoms with Crippen LogP contribution in [-0.4, -0.2) is 28.6 Å². The molecule has 18 heavy (non-hydrogen) atoms. The molecule has 2 aromatic rings. The predicted octanol–water partition coefficient (Wildman–Crippen LogP) is 1.74. The van der Waals surface area contributed by atoms with Crippen molar-refractivity contribution in [1.29, 1.82) is 0 Å². The molecule has 0 unspecified atom stereocenters. The SMILES string of the molecule is CNC(=O)Cn1c(Cl)c(C(=O)O)c2ccccc21. The number of hydrogen-bond acceptors (Lipinski definition) is 2. The zero-order valence-corrected chi connectivity index (χ0v) is 10.4. The van der Waals surface area contributed by atoms with Gasteiger partial charge in [-0.25, -0.2) is 4.79 Å². The molecule has 6 heteroatoms. The fourth-order valence-corrected chi connectivity index (χ4v) is 2.19. The second-order valence-corrected chi connectivity index (χ2v) is 4.11. The molecular weight excluding hydrogens is 256 g/mol. The zero-order chi connectivity index (χ0) is 13.3. The number of nitrogens with one attached hydrogen (secondary N) is 1. The summed E-state index contributed by atoms with van der Waals surface area (Å²) in [5, 5.41) is 12.2. The highest BCUT2D eigenvalue weighted by Gasteiger charge is 2.21. The average molecular weight is 267 g/mol. The van der Waals surface area contributed by atoms with Crippen molar-refractivity contribution in [3.63, 3.8) is 0 Å². The van der Waals surface area contributed by atoms with Gasteiger partial charge in [-0.05, 0) is 6.07 Å². The molecule has 1 heterocycles. The van der Waals surface area contributed by atoms with E-state index in [1.165, 1.54) is 11.6 Å². The summed E-state index contributed by atoms with van der Waals surface area (Å²) in [5.74, 6) is -1.35. The van der Waals surface area contributed by atoms with Gasteiger partial charge in [0, 0.05) is 12.4 Å². The maximum Gasteiger partial charge on any atom is 0.339 e. The Morgan fingerprint density at radius 3 is 2.67 bits per heavy atom. The van der Waals surface area contributed by atoms with Crippen LogP contribution in [0.5, 0.6) is 0 Å². The van der Waals surface area contributed by atoms with Crippen molar-refractivity contribution in [2.45, 2.75) is 6.54 Å². The monoisotopic (exact) mass is 266 g/mol. The van der Waals surface area contributed by atoms with Crippen molar-refractivity contribution in [2.24, 2.45) is 0 Å². The number of aromatic nitrogens is 1. The Kier molecular flexibility index (Phi) is 3.25. The number of carbonyl (C=O) groups is 2. The van der Waals surface area contributed by atoms with Crippen LogP contribution >= 0.6 is 11.6 Å². The Labute approximate surface area is 108 Å². The summed E-state index contributed by atoms with van der Waals surface area (Å²) in [5.41, 5.74) is 0.652. The van der Waals surface area contributed by atoms with Gasteiger partial charge in [-0.1, -0.05) is 29.8 Å². The van der Waals surface area contributed by atoms with E-state index in [9.17, 15) is 9.59 Å². The molecule has 1 aromatic heterocycles. The van der Waals surface area contributed by atoms with E-state index in [2.05, 4.69) is 5.32 Å². The number of carboxylic acid groups (broad SMARTS) is 1. The maximum atomic E-state index is 11.4. The molecule has 0 bridgehead atoms. The van der Waals surface area contributed by atoms with E-state index >= 15 is 0 Å². The number of rotatable bonds is 3. The summed E-state index contributed by atoms with van der Waals surface area (Å²) in [4.78, 5) is 22.6. The van der Waals surface area contributed by atoms with E-state index in [-0.39, 0.29) is 23.2 Å². The summed E-state index contributed by atoms with van der Waals surface area (Å²) >= 11 is 6.05. The van der Waals surface area contributed by atoms with Crippen molar-refractivity contribution in [2.75, 3.05) is 7.05 Å². The number of nitrogens with zero attached hydrogens (tertiary/aromatic N) is 1. The average Bonchev–Trinajstić information content (AvgIpc) is 2.62. The molecule has 2 N–H and O–H groups in total. The van der Waals surface area contributed by atoms with Gasteiger partial charge in [0.25, 0.3) is 0 Å². The first-order valence-electron chi connectivity index (χ1n) is 5.27. The van der Waals surface area contributed by atoms with Gasteiger partial charge < -0.3 is 15.0 Å². The first-order valence-corrected chi connectivity index (χ1v) is 5.64. The van der Waals surface area contributed by atoms with Gasteiger partial charge in [0.1, 0.15) is 17.3 Å². The first-order chi connectivity index (χ1) is 8.56. The van der Waals surface area contributed by atoms with Crippen LogP contribution in [0.4, 0.5) is 0 Å². The minimum absolute atomic E-state index is 0.0108. The third kappa shape index (κ3) is 1.93. The lowest BCUT2D eigenvalue weighted by atomic mass is 10.2. The number of halogens is 1. The van der Waals surface area contributed by atoms with Gasteiger partial charge >= 0.3 is 5.97 Å². The molecule has 0 fully saturated rings. The summed E-state index contributed by atoms with van der Waals surface area (Å²) in [6, 6.07) is 6.90. The predicted molar refractivity (Wildman–Crippen MR) is 68.0 cm³/mol. The Balaban J connectivity index is 2.69. The largest absolute Gasteiger partial charge is 0.478 e. The Morgan fingerprint density at radius 2 is 2.06 bits per heavy atom. The van der Waals surface area contributed by atoms with Crippen LogP contribution in [0.3, 0.4) is 0 Å². The van der Waals surface area contributed by atoms with Crippen molar-refractivity contribution in [3.05, 3.63) is 35.0 Å². The maximum absolute atomic E-state index is 11.4. The molecule has 0 saturated carbocycles. The highest BCUT2D eigenvalue weighted by molar-refractivity contribution is 6.35. The first kappa shape index (κ1) is 12.4. The lowest BCUT2D eigenvalue weighted by Crippen LogP contribution is -2.23. The van der Waals surface area contributed by atoms with E-state index in [0.717, 1.165) is 0 Å². The van der Waals surface area contributed by atoms with Crippen molar-refractivity contribution in [3.8, 4) is 0 Å². The van der Waals surface area contributed by atoms with Gasteiger partial charge in [-0.3, -0.25) is 4.79 Å². The smallest absolute Gasteiger partial charge is 0.339 e. The second-order valence-electron chi connectivity index (χ2n) is 3.75. The Morgan fingerprint density at radius 1 is 1.39 bits per heavy atom. The summed E-state index contributed by atoms with van der Waals surface area (Å²) in [6.07, 6.45) is 0. The van der Waals surface area contributed by atoms with Crippen LogP contribution in [-0.2, 0) is 11.3 Å². The molecule has 1 amide bonds. The number of carbonyl (C=O) groups excluding carboxylic acids is 1. The van der Waals surface area contributed by atoms with Gasteiger partial charge in [0.05, 0.1) is 5.52 Å². The van der Waals surface area contributed by atoms with Gasteiger partial charge in [-0.15, -0.1) is 0 Å². The second kappa shape index (κ2) is 4.70. The molecule has 5 nitrogen and oxygen atoms in total. The molecule has 94 valence electrons. The number of carboxylic acids is 1. The molecular formula is C12H11ClN2O3. The van der Waals surface area contributed by atoms with Gasteiger partial charge in [-0.2, -0.15) is 0 Å². The quantitative estimate of drug-likeness (QED) is 0.889. The van der Waals surface area contributed by atoms with Gasteiger partial charge in [0.2, 0.25) is 5.91 Å². The van der Waals surface area contributed by atoms with Crippen LogP contribution in [0, 0.1) is 0 Å². The molecule has 0 saturated heterocycles. The Hall–Kier alpha value is -2.01. The van der Waals surface area contributed by atoms with Crippen LogP contribution in [0.1, 0.15) is 10.4 Å². The van der Waals surface area contributed by atoms with Crippen LogP contribution in [0.15, 0.2) is 24.3 Å². The fraction of sp³-hybridized carbons (Fsp3) is 0.167.